The van der Waals surface area contributed by atoms with Crippen LogP contribution in [-0.2, 0) is 22.7 Å². The molecule has 0 aliphatic heterocycles. The normalized spacial score (nSPS) is 10.6. The summed E-state index contributed by atoms with van der Waals surface area (Å²) in [5.74, 6) is 0.135. The van der Waals surface area contributed by atoms with Crippen molar-refractivity contribution in [1.82, 2.24) is 15.0 Å². The molecule has 0 bridgehead atoms. The lowest BCUT2D eigenvalue weighted by atomic mass is 10.1. The number of aryl methyl sites for hydroxylation is 1. The molecule has 128 valence electrons. The maximum Gasteiger partial charge on any atom is 0.312 e. The number of carbonyl (C=O) groups is 1. The van der Waals surface area contributed by atoms with Crippen LogP contribution in [0.3, 0.4) is 0 Å². The zero-order valence-electron chi connectivity index (χ0n) is 13.9. The highest BCUT2D eigenvalue weighted by Gasteiger charge is 2.12. The van der Waals surface area contributed by atoms with Crippen LogP contribution in [0.2, 0.25) is 0 Å². The molecule has 0 aliphatic carbocycles. The highest BCUT2D eigenvalue weighted by atomic mass is 16.5. The van der Waals surface area contributed by atoms with Gasteiger partial charge in [0.25, 0.3) is 5.56 Å². The molecule has 2 aromatic carbocycles. The van der Waals surface area contributed by atoms with Gasteiger partial charge >= 0.3 is 5.97 Å². The van der Waals surface area contributed by atoms with E-state index in [4.69, 9.17) is 9.47 Å². The van der Waals surface area contributed by atoms with Crippen LogP contribution in [0.4, 0.5) is 0 Å². The van der Waals surface area contributed by atoms with Crippen molar-refractivity contribution in [2.45, 2.75) is 20.1 Å². The minimum Gasteiger partial charge on any atom is -0.496 e. The lowest BCUT2D eigenvalue weighted by molar-refractivity contribution is -0.147. The first kappa shape index (κ1) is 16.6. The van der Waals surface area contributed by atoms with Gasteiger partial charge in [-0.25, -0.2) is 0 Å². The van der Waals surface area contributed by atoms with Gasteiger partial charge in [-0.2, -0.15) is 4.68 Å². The van der Waals surface area contributed by atoms with Gasteiger partial charge in [0.1, 0.15) is 11.3 Å². The maximum atomic E-state index is 12.3. The molecule has 3 rings (SSSR count). The van der Waals surface area contributed by atoms with Crippen LogP contribution >= 0.6 is 0 Å². The molecule has 0 saturated carbocycles. The highest BCUT2D eigenvalue weighted by Crippen LogP contribution is 2.20. The Morgan fingerprint density at radius 2 is 2.00 bits per heavy atom. The van der Waals surface area contributed by atoms with Crippen molar-refractivity contribution in [2.75, 3.05) is 7.11 Å². The van der Waals surface area contributed by atoms with Crippen molar-refractivity contribution < 1.29 is 14.3 Å². The summed E-state index contributed by atoms with van der Waals surface area (Å²) in [5, 5.41) is 8.15. The van der Waals surface area contributed by atoms with E-state index in [9.17, 15) is 9.59 Å². The molecule has 0 N–H and O–H groups in total. The van der Waals surface area contributed by atoms with Gasteiger partial charge in [-0.1, -0.05) is 35.0 Å². The van der Waals surface area contributed by atoms with Crippen molar-refractivity contribution in [1.29, 1.82) is 0 Å². The minimum atomic E-state index is -0.481. The minimum absolute atomic E-state index is 0.0423. The Morgan fingerprint density at radius 3 is 2.80 bits per heavy atom. The number of hydrogen-bond acceptors (Lipinski definition) is 6. The van der Waals surface area contributed by atoms with Gasteiger partial charge in [-0.05, 0) is 25.1 Å². The van der Waals surface area contributed by atoms with Gasteiger partial charge < -0.3 is 9.47 Å². The number of benzene rings is 2. The van der Waals surface area contributed by atoms with Gasteiger partial charge in [0.05, 0.1) is 18.9 Å². The molecule has 1 aromatic heterocycles. The summed E-state index contributed by atoms with van der Waals surface area (Å²) in [5.41, 5.74) is 1.88. The monoisotopic (exact) mass is 339 g/mol. The highest BCUT2D eigenvalue weighted by molar-refractivity contribution is 5.76. The molecule has 7 heteroatoms. The van der Waals surface area contributed by atoms with Gasteiger partial charge in [0.15, 0.2) is 6.73 Å². The van der Waals surface area contributed by atoms with E-state index in [1.54, 1.807) is 37.4 Å². The van der Waals surface area contributed by atoms with Crippen LogP contribution in [-0.4, -0.2) is 28.1 Å². The van der Waals surface area contributed by atoms with E-state index in [1.165, 1.54) is 0 Å². The number of ether oxygens (including phenoxy) is 2. The fourth-order valence-corrected chi connectivity index (χ4v) is 2.49. The second kappa shape index (κ2) is 7.12. The second-order valence-corrected chi connectivity index (χ2v) is 5.55. The number of fused-ring (bicyclic) bond motifs is 1. The molecule has 7 nitrogen and oxygen atoms in total. The second-order valence-electron chi connectivity index (χ2n) is 5.55. The summed E-state index contributed by atoms with van der Waals surface area (Å²) in [6.07, 6.45) is 0.0423. The largest absolute Gasteiger partial charge is 0.496 e. The lowest BCUT2D eigenvalue weighted by Crippen LogP contribution is -2.27. The Morgan fingerprint density at radius 1 is 1.20 bits per heavy atom. The number of aromatic nitrogens is 3. The molecule has 0 unspecified atom stereocenters. The van der Waals surface area contributed by atoms with E-state index in [-0.39, 0.29) is 18.7 Å². The Bertz CT molecular complexity index is 981. The average Bonchev–Trinajstić information content (AvgIpc) is 2.61. The molecule has 0 spiro atoms. The Kier molecular flexibility index (Phi) is 4.74. The third kappa shape index (κ3) is 3.65. The fourth-order valence-electron chi connectivity index (χ4n) is 2.49. The number of carbonyl (C=O) groups excluding carboxylic acids is 1. The first-order valence-corrected chi connectivity index (χ1v) is 7.70. The first-order valence-electron chi connectivity index (χ1n) is 7.70. The first-order chi connectivity index (χ1) is 12.1. The van der Waals surface area contributed by atoms with Crippen LogP contribution in [0.5, 0.6) is 5.75 Å². The van der Waals surface area contributed by atoms with Crippen LogP contribution in [0.25, 0.3) is 10.9 Å². The molecule has 0 amide bonds. The number of methoxy groups -OCH3 is 1. The fraction of sp³-hybridized carbons (Fsp3) is 0.222. The smallest absolute Gasteiger partial charge is 0.312 e. The predicted molar refractivity (Wildman–Crippen MR) is 91.3 cm³/mol. The quantitative estimate of drug-likeness (QED) is 0.660. The van der Waals surface area contributed by atoms with Crippen molar-refractivity contribution in [3.05, 3.63) is 63.9 Å². The summed E-state index contributed by atoms with van der Waals surface area (Å²) < 4.78 is 11.4. The summed E-state index contributed by atoms with van der Waals surface area (Å²) in [4.78, 5) is 24.4. The molecule has 0 radical (unpaired) electrons. The van der Waals surface area contributed by atoms with E-state index in [0.29, 0.717) is 16.7 Å². The van der Waals surface area contributed by atoms with E-state index < -0.39 is 5.97 Å². The molecular weight excluding hydrogens is 322 g/mol. The van der Waals surface area contributed by atoms with Gasteiger partial charge in [-0.3, -0.25) is 9.59 Å². The van der Waals surface area contributed by atoms with E-state index in [2.05, 4.69) is 10.3 Å². The molecule has 1 heterocycles. The lowest BCUT2D eigenvalue weighted by Gasteiger charge is -2.10. The number of hydrogen-bond donors (Lipinski definition) is 0. The van der Waals surface area contributed by atoms with Crippen molar-refractivity contribution in [3.63, 3.8) is 0 Å². The summed E-state index contributed by atoms with van der Waals surface area (Å²) in [6, 6.07) is 12.4. The van der Waals surface area contributed by atoms with Crippen LogP contribution < -0.4 is 10.3 Å². The third-order valence-electron chi connectivity index (χ3n) is 3.75. The van der Waals surface area contributed by atoms with Gasteiger partial charge in [0, 0.05) is 5.56 Å². The topological polar surface area (TPSA) is 83.3 Å². The molecule has 3 aromatic rings. The van der Waals surface area contributed by atoms with Gasteiger partial charge in [-0.15, -0.1) is 5.10 Å². The van der Waals surface area contributed by atoms with Crippen molar-refractivity contribution in [3.8, 4) is 5.75 Å². The number of esters is 1. The Labute approximate surface area is 143 Å². The van der Waals surface area contributed by atoms with Crippen LogP contribution in [0, 0.1) is 6.92 Å². The van der Waals surface area contributed by atoms with Crippen LogP contribution in [0.1, 0.15) is 11.1 Å². The Balaban J connectivity index is 1.72. The van der Waals surface area contributed by atoms with Crippen molar-refractivity contribution in [2.24, 2.45) is 0 Å². The van der Waals surface area contributed by atoms with Gasteiger partial charge in [0.2, 0.25) is 0 Å². The van der Waals surface area contributed by atoms with E-state index in [0.717, 1.165) is 15.8 Å². The predicted octanol–water partition coefficient (Wildman–Crippen LogP) is 1.85. The zero-order chi connectivity index (χ0) is 17.8. The average molecular weight is 339 g/mol. The van der Waals surface area contributed by atoms with Crippen LogP contribution in [0.15, 0.2) is 47.3 Å². The molecule has 0 saturated heterocycles. The molecule has 0 atom stereocenters. The number of rotatable bonds is 5. The number of nitrogens with zero attached hydrogens (tertiary/aromatic N) is 3. The molecule has 0 aliphatic rings. The van der Waals surface area contributed by atoms with E-state index in [1.807, 2.05) is 19.1 Å². The van der Waals surface area contributed by atoms with Crippen molar-refractivity contribution >= 4 is 16.9 Å². The molecule has 0 fully saturated rings. The third-order valence-corrected chi connectivity index (χ3v) is 3.75. The Hall–Kier alpha value is -3.22. The summed E-state index contributed by atoms with van der Waals surface area (Å²) in [6.45, 7) is 1.64. The maximum absolute atomic E-state index is 12.3. The summed E-state index contributed by atoms with van der Waals surface area (Å²) in [7, 11) is 1.55. The standard InChI is InChI=1S/C18H17N3O4/c1-12-7-8-16(24-2)13(9-12)10-17(22)25-11-21-18(23)14-5-3-4-6-15(14)19-20-21/h3-9H,10-11H2,1-2H3. The SMILES string of the molecule is COc1ccc(C)cc1CC(=O)OCn1nnc2ccccc2c1=O. The molecule has 25 heavy (non-hydrogen) atoms. The summed E-state index contributed by atoms with van der Waals surface area (Å²) >= 11 is 0. The molecular formula is C18H17N3O4. The van der Waals surface area contributed by atoms with E-state index >= 15 is 0 Å². The zero-order valence-corrected chi connectivity index (χ0v) is 13.9.